The summed E-state index contributed by atoms with van der Waals surface area (Å²) < 4.78 is 37.4. The summed E-state index contributed by atoms with van der Waals surface area (Å²) in [7, 11) is 0. The van der Waals surface area contributed by atoms with Crippen LogP contribution in [0, 0.1) is 5.41 Å². The van der Waals surface area contributed by atoms with Crippen molar-refractivity contribution in [3.63, 3.8) is 0 Å². The van der Waals surface area contributed by atoms with Crippen LogP contribution in [0.1, 0.15) is 29.9 Å². The third kappa shape index (κ3) is 2.74. The van der Waals surface area contributed by atoms with E-state index < -0.39 is 11.7 Å². The van der Waals surface area contributed by atoms with Gasteiger partial charge in [0, 0.05) is 19.1 Å². The molecule has 1 unspecified atom stereocenters. The monoisotopic (exact) mass is 283 g/mol. The van der Waals surface area contributed by atoms with Crippen molar-refractivity contribution in [2.24, 2.45) is 0 Å². The number of nitrogens with one attached hydrogen (secondary N) is 1. The summed E-state index contributed by atoms with van der Waals surface area (Å²) in [6, 6.07) is 4.58. The van der Waals surface area contributed by atoms with Gasteiger partial charge in [-0.2, -0.15) is 13.2 Å². The molecule has 2 N–H and O–H groups in total. The number of Topliss-reactive ketones (excluding diaryl/α,β-unsaturated/α-hetero) is 1. The second kappa shape index (κ2) is 5.11. The summed E-state index contributed by atoms with van der Waals surface area (Å²) in [5.41, 5.74) is -0.196. The maximum atomic E-state index is 12.5. The van der Waals surface area contributed by atoms with Crippen LogP contribution in [0.4, 0.5) is 13.2 Å². The molecule has 0 fully saturated rings. The van der Waals surface area contributed by atoms with Crippen molar-refractivity contribution < 1.29 is 23.1 Å². The number of carbonyl (C=O) groups excluding carboxylic acids is 1. The van der Waals surface area contributed by atoms with Crippen LogP contribution >= 0.6 is 0 Å². The Bertz CT molecular complexity index is 573. The molecule has 3 nitrogen and oxygen atoms in total. The zero-order valence-corrected chi connectivity index (χ0v) is 10.4. The van der Waals surface area contributed by atoms with E-state index in [2.05, 4.69) is 0 Å². The smallest absolute Gasteiger partial charge is 0.416 e. The van der Waals surface area contributed by atoms with Gasteiger partial charge in [0.05, 0.1) is 11.1 Å². The number of halogens is 3. The fraction of sp³-hybridized carbons (Fsp3) is 0.286. The van der Waals surface area contributed by atoms with E-state index in [4.69, 9.17) is 5.41 Å². The van der Waals surface area contributed by atoms with E-state index in [0.29, 0.717) is 5.56 Å². The molecule has 0 aliphatic heterocycles. The van der Waals surface area contributed by atoms with Crippen molar-refractivity contribution in [2.45, 2.75) is 24.9 Å². The standard InChI is InChI=1S/C14H12F3NO2/c15-14(16,17)10-3-1-8(2-4-10)9-5-12(19)11(7-18)13(20)6-9/h1-4,7,9,18-19H,5-6H2. The molecule has 0 amide bonds. The average molecular weight is 283 g/mol. The number of rotatable bonds is 2. The van der Waals surface area contributed by atoms with Crippen molar-refractivity contribution in [3.05, 3.63) is 46.7 Å². The molecule has 0 aromatic heterocycles. The fourth-order valence-electron chi connectivity index (χ4n) is 2.25. The fourth-order valence-corrected chi connectivity index (χ4v) is 2.25. The summed E-state index contributed by atoms with van der Waals surface area (Å²) >= 11 is 0. The Balaban J connectivity index is 2.24. The average Bonchev–Trinajstić information content (AvgIpc) is 2.37. The molecule has 106 valence electrons. The number of aliphatic hydroxyl groups excluding tert-OH is 1. The minimum atomic E-state index is -4.39. The van der Waals surface area contributed by atoms with Gasteiger partial charge in [-0.1, -0.05) is 12.1 Å². The number of carbonyl (C=O) groups is 1. The van der Waals surface area contributed by atoms with E-state index >= 15 is 0 Å². The highest BCUT2D eigenvalue weighted by molar-refractivity contribution is 6.13. The van der Waals surface area contributed by atoms with Crippen LogP contribution < -0.4 is 0 Å². The molecule has 6 heteroatoms. The number of hydrogen-bond donors (Lipinski definition) is 2. The first-order valence-electron chi connectivity index (χ1n) is 5.96. The lowest BCUT2D eigenvalue weighted by Crippen LogP contribution is -2.19. The first-order chi connectivity index (χ1) is 9.32. The van der Waals surface area contributed by atoms with Crippen LogP contribution in [0.15, 0.2) is 35.6 Å². The van der Waals surface area contributed by atoms with Gasteiger partial charge in [-0.3, -0.25) is 4.79 Å². The zero-order valence-electron chi connectivity index (χ0n) is 10.4. The normalized spacial score (nSPS) is 20.1. The Hall–Kier alpha value is -2.11. The van der Waals surface area contributed by atoms with Crippen LogP contribution in [0.3, 0.4) is 0 Å². The van der Waals surface area contributed by atoms with Crippen molar-refractivity contribution >= 4 is 12.0 Å². The minimum absolute atomic E-state index is 0.0202. The van der Waals surface area contributed by atoms with E-state index in [1.807, 2.05) is 0 Å². The summed E-state index contributed by atoms with van der Waals surface area (Å²) in [6.07, 6.45) is -3.35. The minimum Gasteiger partial charge on any atom is -0.511 e. The third-order valence-corrected chi connectivity index (χ3v) is 3.34. The maximum absolute atomic E-state index is 12.5. The molecule has 0 bridgehead atoms. The predicted octanol–water partition coefficient (Wildman–Crippen LogP) is 3.61. The number of aliphatic hydroxyl groups is 1. The summed E-state index contributed by atoms with van der Waals surface area (Å²) in [4.78, 5) is 11.7. The van der Waals surface area contributed by atoms with Crippen LogP contribution in [0.2, 0.25) is 0 Å². The van der Waals surface area contributed by atoms with Gasteiger partial charge in [-0.15, -0.1) is 0 Å². The Kier molecular flexibility index (Phi) is 3.65. The van der Waals surface area contributed by atoms with Crippen LogP contribution in [0.25, 0.3) is 0 Å². The van der Waals surface area contributed by atoms with Gasteiger partial charge in [0.1, 0.15) is 5.76 Å². The molecule has 1 aliphatic carbocycles. The van der Waals surface area contributed by atoms with Crippen molar-refractivity contribution in [3.8, 4) is 0 Å². The number of benzene rings is 1. The van der Waals surface area contributed by atoms with Gasteiger partial charge < -0.3 is 10.5 Å². The lowest BCUT2D eigenvalue weighted by Gasteiger charge is -2.22. The van der Waals surface area contributed by atoms with Crippen molar-refractivity contribution in [1.82, 2.24) is 0 Å². The van der Waals surface area contributed by atoms with Gasteiger partial charge in [0.15, 0.2) is 5.78 Å². The highest BCUT2D eigenvalue weighted by atomic mass is 19.4. The molecule has 0 heterocycles. The number of ketones is 1. The van der Waals surface area contributed by atoms with Gasteiger partial charge in [-0.05, 0) is 23.6 Å². The first-order valence-corrected chi connectivity index (χ1v) is 5.96. The molecule has 1 aliphatic rings. The zero-order chi connectivity index (χ0) is 14.9. The van der Waals surface area contributed by atoms with Gasteiger partial charge >= 0.3 is 6.18 Å². The third-order valence-electron chi connectivity index (χ3n) is 3.34. The van der Waals surface area contributed by atoms with Crippen molar-refractivity contribution in [2.75, 3.05) is 0 Å². The Morgan fingerprint density at radius 1 is 1.20 bits per heavy atom. The summed E-state index contributed by atoms with van der Waals surface area (Å²) in [5.74, 6) is -0.900. The van der Waals surface area contributed by atoms with Gasteiger partial charge in [0.2, 0.25) is 0 Å². The highest BCUT2D eigenvalue weighted by Crippen LogP contribution is 2.35. The summed E-state index contributed by atoms with van der Waals surface area (Å²) in [6.45, 7) is 0. The maximum Gasteiger partial charge on any atom is 0.416 e. The molecule has 0 spiro atoms. The molecule has 0 saturated heterocycles. The molecular formula is C14H12F3NO2. The number of allylic oxidation sites excluding steroid dienone is 2. The molecule has 0 radical (unpaired) electrons. The van der Waals surface area contributed by atoms with Gasteiger partial charge in [0.25, 0.3) is 0 Å². The number of alkyl halides is 3. The second-order valence-corrected chi connectivity index (χ2v) is 4.65. The van der Waals surface area contributed by atoms with E-state index in [1.54, 1.807) is 0 Å². The molecule has 2 rings (SSSR count). The highest BCUT2D eigenvalue weighted by Gasteiger charge is 2.31. The van der Waals surface area contributed by atoms with Gasteiger partial charge in [-0.25, -0.2) is 0 Å². The van der Waals surface area contributed by atoms with Crippen molar-refractivity contribution in [1.29, 1.82) is 5.41 Å². The Morgan fingerprint density at radius 3 is 2.25 bits per heavy atom. The molecule has 0 saturated carbocycles. The first kappa shape index (κ1) is 14.3. The predicted molar refractivity (Wildman–Crippen MR) is 66.9 cm³/mol. The number of hydrogen-bond acceptors (Lipinski definition) is 3. The largest absolute Gasteiger partial charge is 0.511 e. The van der Waals surface area contributed by atoms with E-state index in [0.717, 1.165) is 18.3 Å². The molecule has 1 atom stereocenters. The SMILES string of the molecule is N=CC1=C(O)CC(c2ccc(C(F)(F)F)cc2)CC1=O. The molecular weight excluding hydrogens is 271 g/mol. The van der Waals surface area contributed by atoms with Crippen LogP contribution in [0.5, 0.6) is 0 Å². The second-order valence-electron chi connectivity index (χ2n) is 4.65. The molecule has 20 heavy (non-hydrogen) atoms. The Labute approximate surface area is 113 Å². The molecule has 1 aromatic carbocycles. The van der Waals surface area contributed by atoms with Crippen LogP contribution in [-0.4, -0.2) is 17.1 Å². The summed E-state index contributed by atoms with van der Waals surface area (Å²) in [5, 5.41) is 16.7. The quantitative estimate of drug-likeness (QED) is 0.814. The Morgan fingerprint density at radius 2 is 1.80 bits per heavy atom. The van der Waals surface area contributed by atoms with E-state index in [1.165, 1.54) is 12.1 Å². The lowest BCUT2D eigenvalue weighted by molar-refractivity contribution is -0.137. The molecule has 1 aromatic rings. The van der Waals surface area contributed by atoms with E-state index in [9.17, 15) is 23.1 Å². The van der Waals surface area contributed by atoms with Crippen LogP contribution in [-0.2, 0) is 11.0 Å². The topological polar surface area (TPSA) is 61.1 Å². The lowest BCUT2D eigenvalue weighted by atomic mass is 9.83. The van der Waals surface area contributed by atoms with E-state index in [-0.39, 0.29) is 35.9 Å².